The SMILES string of the molecule is COc1ccccc1C(=O)COC(=O)c1ccc(COc2ccc(F)cc2)o1. The van der Waals surface area contributed by atoms with Crippen LogP contribution in [0.4, 0.5) is 4.39 Å². The van der Waals surface area contributed by atoms with Crippen LogP contribution in [0.3, 0.4) is 0 Å². The van der Waals surface area contributed by atoms with E-state index in [1.165, 1.54) is 37.4 Å². The second-order valence-electron chi connectivity index (χ2n) is 5.71. The maximum Gasteiger partial charge on any atom is 0.374 e. The largest absolute Gasteiger partial charge is 0.496 e. The zero-order chi connectivity index (χ0) is 19.9. The molecule has 0 amide bonds. The summed E-state index contributed by atoms with van der Waals surface area (Å²) in [6.45, 7) is -0.389. The van der Waals surface area contributed by atoms with Gasteiger partial charge in [-0.15, -0.1) is 0 Å². The molecule has 0 atom stereocenters. The Morgan fingerprint density at radius 2 is 1.75 bits per heavy atom. The number of carbonyl (C=O) groups excluding carboxylic acids is 2. The first-order valence-corrected chi connectivity index (χ1v) is 8.37. The Labute approximate surface area is 160 Å². The van der Waals surface area contributed by atoms with Gasteiger partial charge in [-0.25, -0.2) is 9.18 Å². The van der Waals surface area contributed by atoms with Gasteiger partial charge < -0.3 is 18.6 Å². The molecule has 1 aromatic heterocycles. The van der Waals surface area contributed by atoms with Crippen LogP contribution in [0.5, 0.6) is 11.5 Å². The van der Waals surface area contributed by atoms with E-state index in [4.69, 9.17) is 18.6 Å². The average molecular weight is 384 g/mol. The minimum Gasteiger partial charge on any atom is -0.496 e. The lowest BCUT2D eigenvalue weighted by Crippen LogP contribution is -2.14. The number of halogens is 1. The molecule has 0 aliphatic carbocycles. The topological polar surface area (TPSA) is 75.0 Å². The number of benzene rings is 2. The maximum atomic E-state index is 12.9. The highest BCUT2D eigenvalue weighted by molar-refractivity contribution is 6.01. The van der Waals surface area contributed by atoms with E-state index in [1.54, 1.807) is 30.3 Å². The first-order chi connectivity index (χ1) is 13.6. The molecular weight excluding hydrogens is 367 g/mol. The number of Topliss-reactive ketones (excluding diaryl/α,β-unsaturated/α-hetero) is 1. The Morgan fingerprint density at radius 3 is 2.50 bits per heavy atom. The van der Waals surface area contributed by atoms with Crippen LogP contribution < -0.4 is 9.47 Å². The molecule has 3 aromatic rings. The second kappa shape index (κ2) is 8.85. The number of furan rings is 1. The van der Waals surface area contributed by atoms with Gasteiger partial charge in [-0.1, -0.05) is 12.1 Å². The lowest BCUT2D eigenvalue weighted by molar-refractivity contribution is 0.0440. The molecule has 0 fully saturated rings. The summed E-state index contributed by atoms with van der Waals surface area (Å²) in [5.74, 6) is -0.324. The van der Waals surface area contributed by atoms with E-state index in [1.807, 2.05) is 0 Å². The van der Waals surface area contributed by atoms with Crippen molar-refractivity contribution in [3.05, 3.63) is 83.6 Å². The van der Waals surface area contributed by atoms with E-state index >= 15 is 0 Å². The zero-order valence-electron chi connectivity index (χ0n) is 15.0. The van der Waals surface area contributed by atoms with E-state index in [0.717, 1.165) is 0 Å². The lowest BCUT2D eigenvalue weighted by atomic mass is 10.1. The monoisotopic (exact) mass is 384 g/mol. The van der Waals surface area contributed by atoms with Crippen LogP contribution in [0.25, 0.3) is 0 Å². The minimum atomic E-state index is -0.767. The van der Waals surface area contributed by atoms with Crippen LogP contribution in [-0.2, 0) is 11.3 Å². The van der Waals surface area contributed by atoms with Crippen molar-refractivity contribution in [3.63, 3.8) is 0 Å². The van der Waals surface area contributed by atoms with Crippen LogP contribution in [0.1, 0.15) is 26.7 Å². The normalized spacial score (nSPS) is 10.4. The minimum absolute atomic E-state index is 0.0504. The average Bonchev–Trinajstić information content (AvgIpc) is 3.20. The highest BCUT2D eigenvalue weighted by Gasteiger charge is 2.17. The van der Waals surface area contributed by atoms with E-state index in [-0.39, 0.29) is 18.2 Å². The fourth-order valence-corrected chi connectivity index (χ4v) is 2.41. The third-order valence-electron chi connectivity index (χ3n) is 3.80. The van der Waals surface area contributed by atoms with Crippen LogP contribution in [0, 0.1) is 5.82 Å². The van der Waals surface area contributed by atoms with Crippen LogP contribution in [0.15, 0.2) is 65.1 Å². The molecule has 0 aliphatic rings. The van der Waals surface area contributed by atoms with Crippen molar-refractivity contribution in [2.45, 2.75) is 6.61 Å². The van der Waals surface area contributed by atoms with Crippen LogP contribution in [-0.4, -0.2) is 25.5 Å². The van der Waals surface area contributed by atoms with Gasteiger partial charge in [0.25, 0.3) is 0 Å². The molecule has 144 valence electrons. The third kappa shape index (κ3) is 4.76. The predicted octanol–water partition coefficient (Wildman–Crippen LogP) is 4.05. The van der Waals surface area contributed by atoms with E-state index in [2.05, 4.69) is 0 Å². The Hall–Kier alpha value is -3.61. The number of rotatable bonds is 8. The number of ether oxygens (including phenoxy) is 3. The molecule has 0 radical (unpaired) electrons. The molecule has 0 unspecified atom stereocenters. The van der Waals surface area contributed by atoms with E-state index in [9.17, 15) is 14.0 Å². The lowest BCUT2D eigenvalue weighted by Gasteiger charge is -2.07. The predicted molar refractivity (Wildman–Crippen MR) is 97.0 cm³/mol. The number of carbonyl (C=O) groups is 2. The van der Waals surface area contributed by atoms with Gasteiger partial charge in [-0.2, -0.15) is 0 Å². The molecule has 6 nitrogen and oxygen atoms in total. The summed E-state index contributed by atoms with van der Waals surface area (Å²) in [6.07, 6.45) is 0. The summed E-state index contributed by atoms with van der Waals surface area (Å²) in [5.41, 5.74) is 0.325. The third-order valence-corrected chi connectivity index (χ3v) is 3.80. The van der Waals surface area contributed by atoms with Gasteiger partial charge in [0.05, 0.1) is 12.7 Å². The van der Waals surface area contributed by atoms with Crippen molar-refractivity contribution in [3.8, 4) is 11.5 Å². The van der Waals surface area contributed by atoms with Gasteiger partial charge in [0.15, 0.2) is 6.61 Å². The molecule has 1 heterocycles. The summed E-state index contributed by atoms with van der Waals surface area (Å²) >= 11 is 0. The van der Waals surface area contributed by atoms with E-state index < -0.39 is 18.4 Å². The summed E-state index contributed by atoms with van der Waals surface area (Å²) in [4.78, 5) is 24.3. The molecule has 0 saturated carbocycles. The maximum absolute atomic E-state index is 12.9. The van der Waals surface area contributed by atoms with Gasteiger partial charge in [-0.3, -0.25) is 4.79 Å². The van der Waals surface area contributed by atoms with Crippen molar-refractivity contribution in [1.82, 2.24) is 0 Å². The summed E-state index contributed by atoms with van der Waals surface area (Å²) < 4.78 is 33.8. The molecule has 28 heavy (non-hydrogen) atoms. The first kappa shape index (κ1) is 19.2. The van der Waals surface area contributed by atoms with Gasteiger partial charge >= 0.3 is 5.97 Å². The Balaban J connectivity index is 1.53. The van der Waals surface area contributed by atoms with Crippen LogP contribution in [0.2, 0.25) is 0 Å². The number of ketones is 1. The molecule has 3 rings (SSSR count). The molecule has 2 aromatic carbocycles. The highest BCUT2D eigenvalue weighted by atomic mass is 19.1. The van der Waals surface area contributed by atoms with Crippen molar-refractivity contribution in [2.24, 2.45) is 0 Å². The quantitative estimate of drug-likeness (QED) is 0.431. The standard InChI is InChI=1S/C21H17FO6/c1-25-19-5-3-2-4-17(19)18(23)13-27-21(24)20-11-10-16(28-20)12-26-15-8-6-14(22)7-9-15/h2-11H,12-13H2,1H3. The second-order valence-corrected chi connectivity index (χ2v) is 5.71. The Bertz CT molecular complexity index is 961. The Morgan fingerprint density at radius 1 is 1.00 bits per heavy atom. The van der Waals surface area contributed by atoms with Crippen molar-refractivity contribution >= 4 is 11.8 Å². The zero-order valence-corrected chi connectivity index (χ0v) is 15.0. The number of esters is 1. The smallest absolute Gasteiger partial charge is 0.374 e. The summed E-state index contributed by atoms with van der Waals surface area (Å²) in [6, 6.07) is 15.2. The van der Waals surface area contributed by atoms with Gasteiger partial charge in [-0.05, 0) is 48.5 Å². The van der Waals surface area contributed by atoms with Gasteiger partial charge in [0.2, 0.25) is 11.5 Å². The van der Waals surface area contributed by atoms with Crippen molar-refractivity contribution in [2.75, 3.05) is 13.7 Å². The van der Waals surface area contributed by atoms with Crippen molar-refractivity contribution < 1.29 is 32.6 Å². The number of methoxy groups -OCH3 is 1. The molecular formula is C21H17FO6. The number of hydrogen-bond donors (Lipinski definition) is 0. The Kier molecular flexibility index (Phi) is 6.06. The molecule has 0 spiro atoms. The fourth-order valence-electron chi connectivity index (χ4n) is 2.41. The molecule has 0 saturated heterocycles. The van der Waals surface area contributed by atoms with Gasteiger partial charge in [0, 0.05) is 0 Å². The highest BCUT2D eigenvalue weighted by Crippen LogP contribution is 2.19. The number of para-hydroxylation sites is 1. The summed E-state index contributed by atoms with van der Waals surface area (Å²) in [7, 11) is 1.45. The van der Waals surface area contributed by atoms with Crippen molar-refractivity contribution in [1.29, 1.82) is 0 Å². The summed E-state index contributed by atoms with van der Waals surface area (Å²) in [5, 5.41) is 0. The molecule has 7 heteroatoms. The molecule has 0 aliphatic heterocycles. The molecule has 0 N–H and O–H groups in total. The van der Waals surface area contributed by atoms with Crippen LogP contribution >= 0.6 is 0 Å². The molecule has 0 bridgehead atoms. The van der Waals surface area contributed by atoms with E-state index in [0.29, 0.717) is 22.8 Å². The number of hydrogen-bond acceptors (Lipinski definition) is 6. The first-order valence-electron chi connectivity index (χ1n) is 8.37. The fraction of sp³-hybridized carbons (Fsp3) is 0.143. The van der Waals surface area contributed by atoms with Gasteiger partial charge in [0.1, 0.15) is 29.7 Å².